The summed E-state index contributed by atoms with van der Waals surface area (Å²) in [6.07, 6.45) is 5.43. The van der Waals surface area contributed by atoms with E-state index in [2.05, 4.69) is 6.92 Å². The van der Waals surface area contributed by atoms with Crippen molar-refractivity contribution >= 4 is 17.1 Å². The lowest BCUT2D eigenvalue weighted by Crippen LogP contribution is -1.99. The van der Waals surface area contributed by atoms with Crippen LogP contribution in [0.2, 0.25) is 0 Å². The van der Waals surface area contributed by atoms with Gasteiger partial charge in [0.25, 0.3) is 0 Å². The second kappa shape index (κ2) is 2.16. The molecule has 0 nitrogen and oxygen atoms in total. The molecule has 1 saturated carbocycles. The lowest BCUT2D eigenvalue weighted by Gasteiger charge is -2.09. The van der Waals surface area contributed by atoms with E-state index in [0.29, 0.717) is 0 Å². The van der Waals surface area contributed by atoms with Crippen molar-refractivity contribution in [2.45, 2.75) is 32.6 Å². The number of hydrogen-bond acceptors (Lipinski definition) is 1. The minimum atomic E-state index is 0.975. The van der Waals surface area contributed by atoms with Crippen LogP contribution < -0.4 is 0 Å². The van der Waals surface area contributed by atoms with Crippen LogP contribution in [0.3, 0.4) is 0 Å². The summed E-state index contributed by atoms with van der Waals surface area (Å²) < 4.78 is 0. The highest BCUT2D eigenvalue weighted by Gasteiger charge is 2.30. The Morgan fingerprint density at radius 1 is 1.50 bits per heavy atom. The summed E-state index contributed by atoms with van der Waals surface area (Å²) in [5, 5.41) is 0. The maximum Gasteiger partial charge on any atom is 0.0152 e. The average molecular weight is 152 g/mol. The molecule has 1 atom stereocenters. The summed E-state index contributed by atoms with van der Waals surface area (Å²) in [4.78, 5) is 1.15. The van der Waals surface area contributed by atoms with E-state index in [1.807, 2.05) is 0 Å². The summed E-state index contributed by atoms with van der Waals surface area (Å²) in [7, 11) is 0. The van der Waals surface area contributed by atoms with Crippen LogP contribution in [0.25, 0.3) is 0 Å². The molecule has 1 unspecified atom stereocenters. The van der Waals surface area contributed by atoms with Crippen LogP contribution in [0.4, 0.5) is 0 Å². The second-order valence-corrected chi connectivity index (χ2v) is 4.06. The Balaban J connectivity index is 2.30. The molecule has 0 spiro atoms. The van der Waals surface area contributed by atoms with Crippen molar-refractivity contribution in [3.63, 3.8) is 0 Å². The number of allylic oxidation sites excluding steroid dienone is 2. The summed E-state index contributed by atoms with van der Waals surface area (Å²) in [5.74, 6) is 0.975. The van der Waals surface area contributed by atoms with Crippen LogP contribution >= 0.6 is 12.2 Å². The van der Waals surface area contributed by atoms with Crippen LogP contribution in [0.1, 0.15) is 32.6 Å². The van der Waals surface area contributed by atoms with E-state index in [-0.39, 0.29) is 0 Å². The molecule has 2 aliphatic carbocycles. The maximum atomic E-state index is 5.16. The predicted octanol–water partition coefficient (Wildman–Crippen LogP) is 2.88. The van der Waals surface area contributed by atoms with Crippen LogP contribution in [0.15, 0.2) is 11.1 Å². The van der Waals surface area contributed by atoms with Gasteiger partial charge in [0.15, 0.2) is 0 Å². The Morgan fingerprint density at radius 2 is 2.30 bits per heavy atom. The van der Waals surface area contributed by atoms with Crippen molar-refractivity contribution in [3.05, 3.63) is 11.1 Å². The fraction of sp³-hybridized carbons (Fsp3) is 0.667. The predicted molar refractivity (Wildman–Crippen MR) is 47.3 cm³/mol. The maximum absolute atomic E-state index is 5.16. The first-order chi connectivity index (χ1) is 4.77. The highest BCUT2D eigenvalue weighted by molar-refractivity contribution is 7.80. The van der Waals surface area contributed by atoms with Gasteiger partial charge in [-0.1, -0.05) is 17.8 Å². The van der Waals surface area contributed by atoms with Gasteiger partial charge in [-0.15, -0.1) is 0 Å². The summed E-state index contributed by atoms with van der Waals surface area (Å²) >= 11 is 5.16. The van der Waals surface area contributed by atoms with Gasteiger partial charge in [0.05, 0.1) is 0 Å². The van der Waals surface area contributed by atoms with Gasteiger partial charge in [-0.05, 0) is 44.1 Å². The Labute approximate surface area is 67.3 Å². The molecule has 0 N–H and O–H groups in total. The fourth-order valence-corrected chi connectivity index (χ4v) is 2.43. The van der Waals surface area contributed by atoms with Crippen molar-refractivity contribution in [1.82, 2.24) is 0 Å². The van der Waals surface area contributed by atoms with E-state index in [4.69, 9.17) is 12.2 Å². The first kappa shape index (κ1) is 6.53. The molecule has 0 saturated heterocycles. The van der Waals surface area contributed by atoms with E-state index in [0.717, 1.165) is 10.8 Å². The van der Waals surface area contributed by atoms with Crippen LogP contribution in [0, 0.1) is 5.92 Å². The lowest BCUT2D eigenvalue weighted by atomic mass is 9.97. The molecule has 1 heteroatoms. The zero-order valence-corrected chi connectivity index (χ0v) is 7.13. The Hall–Kier alpha value is -0.170. The molecule has 2 aliphatic rings. The molecular weight excluding hydrogens is 140 g/mol. The van der Waals surface area contributed by atoms with Crippen LogP contribution in [-0.4, -0.2) is 4.86 Å². The number of fused-ring (bicyclic) bond motifs is 2. The Bertz CT molecular complexity index is 213. The van der Waals surface area contributed by atoms with Gasteiger partial charge in [0.1, 0.15) is 0 Å². The van der Waals surface area contributed by atoms with Gasteiger partial charge < -0.3 is 0 Å². The van der Waals surface area contributed by atoms with Gasteiger partial charge in [0.2, 0.25) is 0 Å². The number of rotatable bonds is 1. The summed E-state index contributed by atoms with van der Waals surface area (Å²) in [6, 6.07) is 0. The van der Waals surface area contributed by atoms with Crippen molar-refractivity contribution < 1.29 is 0 Å². The van der Waals surface area contributed by atoms with Crippen molar-refractivity contribution in [2.75, 3.05) is 0 Å². The van der Waals surface area contributed by atoms with E-state index in [1.54, 1.807) is 5.57 Å². The average Bonchev–Trinajstić information content (AvgIpc) is 2.44. The molecule has 0 amide bonds. The molecule has 0 aromatic rings. The van der Waals surface area contributed by atoms with Crippen molar-refractivity contribution in [2.24, 2.45) is 5.92 Å². The lowest BCUT2D eigenvalue weighted by molar-refractivity contribution is 0.570. The zero-order chi connectivity index (χ0) is 7.14. The number of hydrogen-bond donors (Lipinski definition) is 0. The minimum absolute atomic E-state index is 0.975. The standard InChI is InChI=1S/C9H12S/c1-6(10)9-5-7-2-3-8(9)4-7/h7H,2-5H2,1H3. The third-order valence-corrected chi connectivity index (χ3v) is 2.98. The topological polar surface area (TPSA) is 0 Å². The first-order valence-corrected chi connectivity index (χ1v) is 4.40. The SMILES string of the molecule is CC(=S)C1=C2CCC(C2)C1. The van der Waals surface area contributed by atoms with Crippen molar-refractivity contribution in [3.8, 4) is 0 Å². The van der Waals surface area contributed by atoms with E-state index < -0.39 is 0 Å². The molecule has 54 valence electrons. The minimum Gasteiger partial charge on any atom is -0.0849 e. The molecule has 10 heavy (non-hydrogen) atoms. The second-order valence-electron chi connectivity index (χ2n) is 3.45. The molecule has 2 bridgehead atoms. The van der Waals surface area contributed by atoms with E-state index in [9.17, 15) is 0 Å². The summed E-state index contributed by atoms with van der Waals surface area (Å²) in [6.45, 7) is 2.07. The molecule has 0 heterocycles. The zero-order valence-electron chi connectivity index (χ0n) is 6.31. The van der Waals surface area contributed by atoms with Gasteiger partial charge in [0, 0.05) is 4.86 Å². The highest BCUT2D eigenvalue weighted by Crippen LogP contribution is 2.44. The van der Waals surface area contributed by atoms with Gasteiger partial charge >= 0.3 is 0 Å². The smallest absolute Gasteiger partial charge is 0.0152 e. The molecule has 0 aliphatic heterocycles. The fourth-order valence-electron chi connectivity index (χ4n) is 2.20. The van der Waals surface area contributed by atoms with Crippen LogP contribution in [-0.2, 0) is 0 Å². The third-order valence-electron chi connectivity index (χ3n) is 2.73. The quantitative estimate of drug-likeness (QED) is 0.521. The third kappa shape index (κ3) is 0.842. The highest BCUT2D eigenvalue weighted by atomic mass is 32.1. The van der Waals surface area contributed by atoms with Crippen LogP contribution in [0.5, 0.6) is 0 Å². The van der Waals surface area contributed by atoms with E-state index >= 15 is 0 Å². The summed E-state index contributed by atoms with van der Waals surface area (Å²) in [5.41, 5.74) is 3.21. The van der Waals surface area contributed by atoms with Crippen molar-refractivity contribution in [1.29, 1.82) is 0 Å². The van der Waals surface area contributed by atoms with Gasteiger partial charge in [-0.25, -0.2) is 0 Å². The van der Waals surface area contributed by atoms with E-state index in [1.165, 1.54) is 31.3 Å². The van der Waals surface area contributed by atoms with Gasteiger partial charge in [-0.2, -0.15) is 0 Å². The normalized spacial score (nSPS) is 29.9. The molecule has 2 rings (SSSR count). The van der Waals surface area contributed by atoms with Gasteiger partial charge in [-0.3, -0.25) is 0 Å². The molecule has 0 aromatic carbocycles. The first-order valence-electron chi connectivity index (χ1n) is 3.99. The molecule has 1 fully saturated rings. The molecule has 0 aromatic heterocycles. The number of thiocarbonyl (C=S) groups is 1. The largest absolute Gasteiger partial charge is 0.0849 e. The molecule has 0 radical (unpaired) electrons. The molecular formula is C9H12S. The monoisotopic (exact) mass is 152 g/mol. The Kier molecular flexibility index (Phi) is 1.41. The Morgan fingerprint density at radius 3 is 2.60 bits per heavy atom.